The van der Waals surface area contributed by atoms with Crippen molar-refractivity contribution in [1.82, 2.24) is 10.6 Å². The Morgan fingerprint density at radius 3 is 2.38 bits per heavy atom. The minimum atomic E-state index is 0.0167. The Morgan fingerprint density at radius 1 is 1.00 bits per heavy atom. The van der Waals surface area contributed by atoms with Crippen LogP contribution < -0.4 is 10.6 Å². The number of halogens is 1. The van der Waals surface area contributed by atoms with Crippen molar-refractivity contribution < 1.29 is 4.79 Å². The SMILES string of the molecule is O=C(NCC12CC3CC(CC(C3)C1)C2)c1cc(CCCNCC2CCCCC2)ccc1Cl. The maximum Gasteiger partial charge on any atom is 0.252 e. The van der Waals surface area contributed by atoms with Crippen LogP contribution in [0.15, 0.2) is 18.2 Å². The van der Waals surface area contributed by atoms with Crippen molar-refractivity contribution in [2.45, 2.75) is 83.5 Å². The molecule has 0 aliphatic heterocycles. The summed E-state index contributed by atoms with van der Waals surface area (Å²) < 4.78 is 0. The van der Waals surface area contributed by atoms with Crippen LogP contribution >= 0.6 is 11.6 Å². The second-order valence-electron chi connectivity index (χ2n) is 11.7. The number of rotatable bonds is 9. The quantitative estimate of drug-likeness (QED) is 0.422. The zero-order valence-corrected chi connectivity index (χ0v) is 20.4. The van der Waals surface area contributed by atoms with E-state index in [2.05, 4.69) is 16.7 Å². The first-order valence-electron chi connectivity index (χ1n) is 13.4. The highest BCUT2D eigenvalue weighted by Crippen LogP contribution is 2.59. The average Bonchev–Trinajstić information content (AvgIpc) is 2.78. The van der Waals surface area contributed by atoms with Crippen molar-refractivity contribution >= 4 is 17.5 Å². The van der Waals surface area contributed by atoms with Gasteiger partial charge in [-0.05, 0) is 124 Å². The van der Waals surface area contributed by atoms with Gasteiger partial charge in [-0.2, -0.15) is 0 Å². The van der Waals surface area contributed by atoms with Gasteiger partial charge in [-0.3, -0.25) is 4.79 Å². The largest absolute Gasteiger partial charge is 0.351 e. The van der Waals surface area contributed by atoms with Crippen LogP contribution in [0, 0.1) is 29.1 Å². The van der Waals surface area contributed by atoms with Crippen LogP contribution in [0.2, 0.25) is 5.02 Å². The molecular weight excluding hydrogens is 416 g/mol. The summed E-state index contributed by atoms with van der Waals surface area (Å²) in [6.07, 6.45) is 17.4. The van der Waals surface area contributed by atoms with E-state index in [0.717, 1.165) is 49.6 Å². The molecule has 0 heterocycles. The van der Waals surface area contributed by atoms with E-state index in [0.29, 0.717) is 16.0 Å². The van der Waals surface area contributed by atoms with Crippen LogP contribution in [0.25, 0.3) is 0 Å². The highest BCUT2D eigenvalue weighted by molar-refractivity contribution is 6.33. The number of carbonyl (C=O) groups is 1. The van der Waals surface area contributed by atoms with Gasteiger partial charge in [-0.25, -0.2) is 0 Å². The maximum absolute atomic E-state index is 13.1. The molecule has 1 aromatic rings. The van der Waals surface area contributed by atoms with Crippen LogP contribution in [0.5, 0.6) is 0 Å². The first-order valence-corrected chi connectivity index (χ1v) is 13.7. The fourth-order valence-electron chi connectivity index (χ4n) is 7.89. The van der Waals surface area contributed by atoms with E-state index in [1.807, 2.05) is 12.1 Å². The monoisotopic (exact) mass is 456 g/mol. The summed E-state index contributed by atoms with van der Waals surface area (Å²) in [5, 5.41) is 7.53. The molecule has 5 fully saturated rings. The highest BCUT2D eigenvalue weighted by atomic mass is 35.5. The Labute approximate surface area is 199 Å². The van der Waals surface area contributed by atoms with Crippen molar-refractivity contribution in [1.29, 1.82) is 0 Å². The molecule has 0 atom stereocenters. The van der Waals surface area contributed by atoms with E-state index in [9.17, 15) is 4.79 Å². The van der Waals surface area contributed by atoms with Crippen molar-refractivity contribution in [3.63, 3.8) is 0 Å². The molecule has 0 unspecified atom stereocenters. The minimum Gasteiger partial charge on any atom is -0.351 e. The molecule has 1 amide bonds. The number of aryl methyl sites for hydroxylation is 1. The molecule has 0 saturated heterocycles. The first-order chi connectivity index (χ1) is 15.6. The highest BCUT2D eigenvalue weighted by Gasteiger charge is 2.50. The third-order valence-electron chi connectivity index (χ3n) is 9.04. The van der Waals surface area contributed by atoms with Gasteiger partial charge in [-0.1, -0.05) is 36.9 Å². The lowest BCUT2D eigenvalue weighted by Gasteiger charge is -2.56. The van der Waals surface area contributed by atoms with Gasteiger partial charge in [-0.15, -0.1) is 0 Å². The third-order valence-corrected chi connectivity index (χ3v) is 9.37. The number of benzene rings is 1. The average molecular weight is 457 g/mol. The summed E-state index contributed by atoms with van der Waals surface area (Å²) in [5.74, 6) is 3.64. The molecule has 4 bridgehead atoms. The molecule has 3 nitrogen and oxygen atoms in total. The zero-order valence-electron chi connectivity index (χ0n) is 19.6. The molecule has 5 aliphatic carbocycles. The van der Waals surface area contributed by atoms with E-state index in [4.69, 9.17) is 11.6 Å². The zero-order chi connectivity index (χ0) is 22.0. The van der Waals surface area contributed by atoms with E-state index in [1.54, 1.807) is 0 Å². The van der Waals surface area contributed by atoms with E-state index >= 15 is 0 Å². The number of nitrogens with one attached hydrogen (secondary N) is 2. The van der Waals surface area contributed by atoms with E-state index < -0.39 is 0 Å². The van der Waals surface area contributed by atoms with Crippen molar-refractivity contribution in [2.75, 3.05) is 19.6 Å². The molecule has 0 spiro atoms. The summed E-state index contributed by atoms with van der Waals surface area (Å²) >= 11 is 6.44. The van der Waals surface area contributed by atoms with Gasteiger partial charge in [0.05, 0.1) is 10.6 Å². The van der Waals surface area contributed by atoms with E-state index in [-0.39, 0.29) is 5.91 Å². The minimum absolute atomic E-state index is 0.0167. The molecule has 5 saturated carbocycles. The Morgan fingerprint density at radius 2 is 1.69 bits per heavy atom. The lowest BCUT2D eigenvalue weighted by Crippen LogP contribution is -2.51. The summed E-state index contributed by atoms with van der Waals surface area (Å²) in [6, 6.07) is 6.02. The van der Waals surface area contributed by atoms with Crippen LogP contribution in [0.1, 0.15) is 93.0 Å². The van der Waals surface area contributed by atoms with E-state index in [1.165, 1.54) is 82.7 Å². The Kier molecular flexibility index (Phi) is 7.14. The molecule has 176 valence electrons. The number of amides is 1. The molecule has 32 heavy (non-hydrogen) atoms. The van der Waals surface area contributed by atoms with Crippen molar-refractivity contribution in [3.05, 3.63) is 34.3 Å². The van der Waals surface area contributed by atoms with Gasteiger partial charge >= 0.3 is 0 Å². The summed E-state index contributed by atoms with van der Waals surface area (Å²) in [4.78, 5) is 13.1. The summed E-state index contributed by atoms with van der Waals surface area (Å²) in [5.41, 5.74) is 2.23. The lowest BCUT2D eigenvalue weighted by molar-refractivity contribution is -0.0503. The molecular formula is C28H41ClN2O. The van der Waals surface area contributed by atoms with Crippen LogP contribution in [-0.2, 0) is 6.42 Å². The van der Waals surface area contributed by atoms with Gasteiger partial charge in [0.15, 0.2) is 0 Å². The number of hydrogen-bond donors (Lipinski definition) is 2. The fraction of sp³-hybridized carbons (Fsp3) is 0.750. The number of carbonyl (C=O) groups excluding carboxylic acids is 1. The Bertz CT molecular complexity index is 765. The Hall–Kier alpha value is -1.06. The van der Waals surface area contributed by atoms with Crippen LogP contribution in [0.3, 0.4) is 0 Å². The molecule has 0 radical (unpaired) electrons. The first kappa shape index (κ1) is 22.7. The molecule has 6 rings (SSSR count). The Balaban J connectivity index is 1.10. The van der Waals surface area contributed by atoms with Gasteiger partial charge in [0, 0.05) is 6.54 Å². The van der Waals surface area contributed by atoms with Gasteiger partial charge in [0.25, 0.3) is 5.91 Å². The van der Waals surface area contributed by atoms with Crippen molar-refractivity contribution in [2.24, 2.45) is 29.1 Å². The standard InChI is InChI=1S/C28H41ClN2O/c29-26-9-8-20(7-4-10-30-18-21-5-2-1-3-6-21)14-25(26)27(32)31-19-28-15-22-11-23(16-28)13-24(12-22)17-28/h8-9,14,21-24,30H,1-7,10-13,15-19H2,(H,31,32). The maximum atomic E-state index is 13.1. The topological polar surface area (TPSA) is 41.1 Å². The molecule has 5 aliphatic rings. The second kappa shape index (κ2) is 10.1. The second-order valence-corrected chi connectivity index (χ2v) is 12.1. The van der Waals surface area contributed by atoms with Gasteiger partial charge < -0.3 is 10.6 Å². The predicted octanol–water partition coefficient (Wildman–Crippen LogP) is 6.39. The molecule has 1 aromatic carbocycles. The van der Waals surface area contributed by atoms with Gasteiger partial charge in [0.2, 0.25) is 0 Å². The van der Waals surface area contributed by atoms with Crippen LogP contribution in [0.4, 0.5) is 0 Å². The van der Waals surface area contributed by atoms with Gasteiger partial charge in [0.1, 0.15) is 0 Å². The third kappa shape index (κ3) is 5.36. The lowest BCUT2D eigenvalue weighted by atomic mass is 9.49. The van der Waals surface area contributed by atoms with Crippen molar-refractivity contribution in [3.8, 4) is 0 Å². The number of hydrogen-bond acceptors (Lipinski definition) is 2. The molecule has 4 heteroatoms. The molecule has 0 aromatic heterocycles. The normalized spacial score (nSPS) is 31.7. The summed E-state index contributed by atoms with van der Waals surface area (Å²) in [7, 11) is 0. The molecule has 2 N–H and O–H groups in total. The fourth-order valence-corrected chi connectivity index (χ4v) is 8.09. The summed E-state index contributed by atoms with van der Waals surface area (Å²) in [6.45, 7) is 3.05. The van der Waals surface area contributed by atoms with Crippen LogP contribution in [-0.4, -0.2) is 25.5 Å². The predicted molar refractivity (Wildman–Crippen MR) is 132 cm³/mol. The smallest absolute Gasteiger partial charge is 0.252 e.